The molecule has 1 amide bonds. The topological polar surface area (TPSA) is 74.9 Å². The second-order valence-electron chi connectivity index (χ2n) is 10.4. The molecule has 7 nitrogen and oxygen atoms in total. The predicted octanol–water partition coefficient (Wildman–Crippen LogP) is 5.74. The number of benzene rings is 2. The second-order valence-corrected chi connectivity index (χ2v) is 10.4. The van der Waals surface area contributed by atoms with Crippen LogP contribution >= 0.6 is 0 Å². The highest BCUT2D eigenvalue weighted by atomic mass is 19.4. The molecule has 3 rings (SSSR count). The molecule has 0 radical (unpaired) electrons. The number of rotatable bonds is 14. The number of anilines is 2. The molecule has 228 valence electrons. The molecule has 3 atom stereocenters. The van der Waals surface area contributed by atoms with Gasteiger partial charge in [0, 0.05) is 37.1 Å². The molecule has 0 aromatic heterocycles. The number of alkyl halides is 5. The van der Waals surface area contributed by atoms with Gasteiger partial charge in [0.25, 0.3) is 0 Å². The monoisotopic (exact) mass is 586 g/mol. The summed E-state index contributed by atoms with van der Waals surface area (Å²) in [6, 6.07) is 8.51. The summed E-state index contributed by atoms with van der Waals surface area (Å²) >= 11 is 0. The van der Waals surface area contributed by atoms with Gasteiger partial charge in [0.05, 0.1) is 19.3 Å². The zero-order chi connectivity index (χ0) is 30.0. The Balaban J connectivity index is 1.64. The van der Waals surface area contributed by atoms with Gasteiger partial charge in [-0.05, 0) is 60.7 Å². The molecule has 0 unspecified atom stereocenters. The molecule has 1 aliphatic heterocycles. The van der Waals surface area contributed by atoms with Crippen molar-refractivity contribution in [2.24, 2.45) is 5.92 Å². The lowest BCUT2D eigenvalue weighted by molar-refractivity contribution is -0.161. The third kappa shape index (κ3) is 10.3. The van der Waals surface area contributed by atoms with E-state index in [0.29, 0.717) is 26.2 Å². The van der Waals surface area contributed by atoms with E-state index in [-0.39, 0.29) is 29.7 Å². The summed E-state index contributed by atoms with van der Waals surface area (Å²) in [5, 5.41) is 8.67. The van der Waals surface area contributed by atoms with Crippen LogP contribution in [0.15, 0.2) is 48.5 Å². The van der Waals surface area contributed by atoms with Crippen LogP contribution < -0.4 is 25.6 Å². The number of morpholine rings is 1. The van der Waals surface area contributed by atoms with Crippen molar-refractivity contribution >= 4 is 17.3 Å². The predicted molar refractivity (Wildman–Crippen MR) is 148 cm³/mol. The maximum Gasteiger partial charge on any atom is 0.407 e. The highest BCUT2D eigenvalue weighted by molar-refractivity contribution is 5.82. The number of nitrogens with zero attached hydrogens (tertiary/aromatic N) is 1. The van der Waals surface area contributed by atoms with Crippen LogP contribution in [0.4, 0.5) is 33.3 Å². The summed E-state index contributed by atoms with van der Waals surface area (Å²) < 4.78 is 76.8. The number of hydrogen-bond acceptors (Lipinski definition) is 6. The van der Waals surface area contributed by atoms with Crippen molar-refractivity contribution in [3.8, 4) is 5.75 Å². The molecule has 0 saturated carbocycles. The van der Waals surface area contributed by atoms with E-state index in [1.54, 1.807) is 0 Å². The van der Waals surface area contributed by atoms with Crippen LogP contribution in [0.5, 0.6) is 5.75 Å². The fourth-order valence-electron chi connectivity index (χ4n) is 4.60. The third-order valence-corrected chi connectivity index (χ3v) is 6.79. The summed E-state index contributed by atoms with van der Waals surface area (Å²) in [6.45, 7) is 5.87. The van der Waals surface area contributed by atoms with Gasteiger partial charge in [0.1, 0.15) is 11.8 Å². The maximum atomic E-state index is 14.1. The van der Waals surface area contributed by atoms with Crippen LogP contribution in [-0.4, -0.2) is 63.6 Å². The van der Waals surface area contributed by atoms with Gasteiger partial charge in [-0.2, -0.15) is 22.0 Å². The van der Waals surface area contributed by atoms with E-state index in [9.17, 15) is 26.7 Å². The molecular weight excluding hydrogens is 547 g/mol. The summed E-state index contributed by atoms with van der Waals surface area (Å²) in [6.07, 6.45) is -4.01. The van der Waals surface area contributed by atoms with Crippen molar-refractivity contribution in [2.45, 2.75) is 64.5 Å². The Kier molecular flexibility index (Phi) is 12.0. The second kappa shape index (κ2) is 15.2. The highest BCUT2D eigenvalue weighted by Gasteiger charge is 2.43. The van der Waals surface area contributed by atoms with Gasteiger partial charge in [-0.1, -0.05) is 32.9 Å². The first kappa shape index (κ1) is 32.4. The number of amides is 1. The van der Waals surface area contributed by atoms with Gasteiger partial charge < -0.3 is 25.0 Å². The Labute approximate surface area is 237 Å². The van der Waals surface area contributed by atoms with Gasteiger partial charge in [0.15, 0.2) is 0 Å². The lowest BCUT2D eigenvalue weighted by atomic mass is 9.99. The van der Waals surface area contributed by atoms with Gasteiger partial charge in [-0.3, -0.25) is 10.1 Å². The largest absolute Gasteiger partial charge is 0.435 e. The Bertz CT molecular complexity index is 1060. The Hall–Kier alpha value is -3.12. The molecule has 0 aliphatic carbocycles. The number of nitrogens with one attached hydrogen (secondary N) is 3. The average molecular weight is 587 g/mol. The first-order valence-corrected chi connectivity index (χ1v) is 13.8. The highest BCUT2D eigenvalue weighted by Crippen LogP contribution is 2.34. The molecule has 2 aromatic rings. The minimum atomic E-state index is -4.74. The van der Waals surface area contributed by atoms with Crippen molar-refractivity contribution in [3.63, 3.8) is 0 Å². The Morgan fingerprint density at radius 3 is 2.20 bits per heavy atom. The molecule has 2 aromatic carbocycles. The van der Waals surface area contributed by atoms with Crippen molar-refractivity contribution in [1.82, 2.24) is 10.6 Å². The minimum absolute atomic E-state index is 0.0721. The number of carbonyl (C=O) groups excluding carboxylic acids is 1. The van der Waals surface area contributed by atoms with Gasteiger partial charge >= 0.3 is 12.8 Å². The zero-order valence-electron chi connectivity index (χ0n) is 23.5. The maximum absolute atomic E-state index is 14.1. The number of hydrogen-bond donors (Lipinski definition) is 3. The van der Waals surface area contributed by atoms with Crippen LogP contribution in [0.25, 0.3) is 0 Å². The fourth-order valence-corrected chi connectivity index (χ4v) is 4.60. The van der Waals surface area contributed by atoms with E-state index < -0.39 is 30.8 Å². The van der Waals surface area contributed by atoms with Crippen LogP contribution in [0.1, 0.15) is 45.2 Å². The molecule has 1 heterocycles. The van der Waals surface area contributed by atoms with E-state index >= 15 is 0 Å². The van der Waals surface area contributed by atoms with E-state index in [1.165, 1.54) is 0 Å². The standard InChI is InChI=1S/C29H39F5N4O3/c1-4-21(18-35-22-7-9-23(10-8-22)38-13-15-40-16-14-38)36-27(39)25(17-19(2)3)37-26(29(32,33)34)20-5-11-24(12-6-20)41-28(30)31/h5-12,19,21,25-26,28,35,37H,4,13-18H2,1-3H3,(H,36,39)/t21-,25-,26-/m0/s1. The quantitative estimate of drug-likeness (QED) is 0.245. The van der Waals surface area contributed by atoms with Crippen molar-refractivity contribution < 1.29 is 36.2 Å². The molecule has 0 bridgehead atoms. The fraction of sp³-hybridized carbons (Fsp3) is 0.552. The van der Waals surface area contributed by atoms with E-state index in [0.717, 1.165) is 48.7 Å². The number of ether oxygens (including phenoxy) is 2. The lowest BCUT2D eigenvalue weighted by Gasteiger charge is -2.30. The van der Waals surface area contributed by atoms with Gasteiger partial charge in [0.2, 0.25) is 5.91 Å². The van der Waals surface area contributed by atoms with Gasteiger partial charge in [-0.15, -0.1) is 0 Å². The Morgan fingerprint density at radius 1 is 1.02 bits per heavy atom. The van der Waals surface area contributed by atoms with Crippen molar-refractivity contribution in [3.05, 3.63) is 54.1 Å². The summed E-state index contributed by atoms with van der Waals surface area (Å²) in [5.41, 5.74) is 1.75. The third-order valence-electron chi connectivity index (χ3n) is 6.79. The molecule has 1 fully saturated rings. The molecule has 1 aliphatic rings. The average Bonchev–Trinajstić information content (AvgIpc) is 2.93. The molecule has 3 N–H and O–H groups in total. The first-order chi connectivity index (χ1) is 19.5. The molecule has 12 heteroatoms. The molecule has 1 saturated heterocycles. The minimum Gasteiger partial charge on any atom is -0.435 e. The van der Waals surface area contributed by atoms with Crippen LogP contribution in [0.2, 0.25) is 0 Å². The number of carbonyl (C=O) groups is 1. The van der Waals surface area contributed by atoms with E-state index in [2.05, 4.69) is 25.6 Å². The molecular formula is C29H39F5N4O3. The van der Waals surface area contributed by atoms with Gasteiger partial charge in [-0.25, -0.2) is 0 Å². The van der Waals surface area contributed by atoms with Crippen LogP contribution in [0, 0.1) is 5.92 Å². The van der Waals surface area contributed by atoms with Crippen LogP contribution in [-0.2, 0) is 9.53 Å². The summed E-state index contributed by atoms with van der Waals surface area (Å²) in [7, 11) is 0. The van der Waals surface area contributed by atoms with Crippen molar-refractivity contribution in [2.75, 3.05) is 43.1 Å². The normalized spacial score (nSPS) is 16.4. The summed E-state index contributed by atoms with van der Waals surface area (Å²) in [5.74, 6) is -0.866. The van der Waals surface area contributed by atoms with E-state index in [4.69, 9.17) is 4.74 Å². The zero-order valence-corrected chi connectivity index (χ0v) is 23.5. The summed E-state index contributed by atoms with van der Waals surface area (Å²) in [4.78, 5) is 15.5. The van der Waals surface area contributed by atoms with E-state index in [1.807, 2.05) is 45.0 Å². The van der Waals surface area contributed by atoms with Crippen molar-refractivity contribution in [1.29, 1.82) is 0 Å². The lowest BCUT2D eigenvalue weighted by Crippen LogP contribution is -2.52. The first-order valence-electron chi connectivity index (χ1n) is 13.8. The Morgan fingerprint density at radius 2 is 1.66 bits per heavy atom. The van der Waals surface area contributed by atoms with Crippen LogP contribution in [0.3, 0.4) is 0 Å². The molecule has 0 spiro atoms. The smallest absolute Gasteiger partial charge is 0.407 e. The number of halogens is 5. The SMILES string of the molecule is CC[C@@H](CNc1ccc(N2CCOCC2)cc1)NC(=O)[C@H](CC(C)C)N[C@@H](c1ccc(OC(F)F)cc1)C(F)(F)F. The molecule has 41 heavy (non-hydrogen) atoms.